The van der Waals surface area contributed by atoms with Gasteiger partial charge in [0.05, 0.1) is 24.0 Å². The van der Waals surface area contributed by atoms with Crippen molar-refractivity contribution < 1.29 is 4.79 Å². The maximum Gasteiger partial charge on any atom is 0.319 e. The molecule has 0 radical (unpaired) electrons. The van der Waals surface area contributed by atoms with E-state index in [-0.39, 0.29) is 12.1 Å². The molecule has 0 aliphatic rings. The number of nitrogens with zero attached hydrogens (tertiary/aromatic N) is 4. The van der Waals surface area contributed by atoms with Gasteiger partial charge in [-0.2, -0.15) is 10.2 Å². The third-order valence-electron chi connectivity index (χ3n) is 4.58. The number of amides is 2. The predicted molar refractivity (Wildman–Crippen MR) is 106 cm³/mol. The molecule has 3 rings (SSSR count). The Hall–Kier alpha value is -3.09. The number of rotatable bonds is 6. The van der Waals surface area contributed by atoms with Gasteiger partial charge >= 0.3 is 6.03 Å². The van der Waals surface area contributed by atoms with Crippen LogP contribution in [0.15, 0.2) is 42.6 Å². The lowest BCUT2D eigenvalue weighted by atomic mass is 10.1. The van der Waals surface area contributed by atoms with Crippen LogP contribution in [-0.2, 0) is 13.6 Å². The number of carbonyl (C=O) groups is 1. The molecule has 2 N–H and O–H groups in total. The number of carbonyl (C=O) groups excluding carboxylic acids is 1. The van der Waals surface area contributed by atoms with Gasteiger partial charge in [-0.3, -0.25) is 9.36 Å². The summed E-state index contributed by atoms with van der Waals surface area (Å²) in [6.45, 7) is 6.78. The van der Waals surface area contributed by atoms with Gasteiger partial charge in [-0.25, -0.2) is 4.79 Å². The number of aryl methyl sites for hydroxylation is 3. The van der Waals surface area contributed by atoms with Gasteiger partial charge in [0.1, 0.15) is 0 Å². The van der Waals surface area contributed by atoms with E-state index >= 15 is 0 Å². The first-order chi connectivity index (χ1) is 13.0. The standard InChI is InChI=1S/C20H26N6O/c1-5-18(19-10-11-21-25(19)4)23-20(27)22-17-8-6-16(7-9-17)13-26-15(3)12-14(2)24-26/h6-12,18H,5,13H2,1-4H3,(H2,22,23,27)/t18-/m0/s1. The van der Waals surface area contributed by atoms with Crippen LogP contribution < -0.4 is 10.6 Å². The molecule has 0 saturated heterocycles. The molecule has 0 saturated carbocycles. The van der Waals surface area contributed by atoms with Gasteiger partial charge in [-0.1, -0.05) is 19.1 Å². The molecule has 1 atom stereocenters. The highest BCUT2D eigenvalue weighted by molar-refractivity contribution is 5.89. The van der Waals surface area contributed by atoms with Crippen LogP contribution in [0.2, 0.25) is 0 Å². The van der Waals surface area contributed by atoms with Gasteiger partial charge in [-0.15, -0.1) is 0 Å². The second-order valence-corrected chi connectivity index (χ2v) is 6.72. The molecule has 0 aliphatic carbocycles. The zero-order chi connectivity index (χ0) is 19.4. The second-order valence-electron chi connectivity index (χ2n) is 6.72. The third kappa shape index (κ3) is 4.55. The molecule has 1 aromatic carbocycles. The maximum atomic E-state index is 12.3. The van der Waals surface area contributed by atoms with Gasteiger partial charge in [0, 0.05) is 24.6 Å². The number of nitrogens with one attached hydrogen (secondary N) is 2. The second kappa shape index (κ2) is 8.07. The van der Waals surface area contributed by atoms with E-state index < -0.39 is 0 Å². The summed E-state index contributed by atoms with van der Waals surface area (Å²) in [6.07, 6.45) is 2.52. The molecule has 3 aromatic rings. The van der Waals surface area contributed by atoms with Crippen LogP contribution in [0.5, 0.6) is 0 Å². The first kappa shape index (κ1) is 18.7. The molecule has 0 aliphatic heterocycles. The van der Waals surface area contributed by atoms with Crippen LogP contribution in [0, 0.1) is 13.8 Å². The summed E-state index contributed by atoms with van der Waals surface area (Å²) in [5.41, 5.74) is 5.02. The number of hydrogen-bond acceptors (Lipinski definition) is 3. The van der Waals surface area contributed by atoms with Gasteiger partial charge in [-0.05, 0) is 50.1 Å². The SMILES string of the molecule is CC[C@H](NC(=O)Nc1ccc(Cn2nc(C)cc2C)cc1)c1ccnn1C. The van der Waals surface area contributed by atoms with Crippen molar-refractivity contribution in [1.29, 1.82) is 0 Å². The first-order valence-electron chi connectivity index (χ1n) is 9.11. The minimum atomic E-state index is -0.227. The number of urea groups is 1. The fourth-order valence-corrected chi connectivity index (χ4v) is 3.14. The Kier molecular flexibility index (Phi) is 5.59. The molecular formula is C20H26N6O. The van der Waals surface area contributed by atoms with E-state index in [1.165, 1.54) is 0 Å². The number of hydrogen-bond donors (Lipinski definition) is 2. The first-order valence-corrected chi connectivity index (χ1v) is 9.11. The maximum absolute atomic E-state index is 12.3. The van der Waals surface area contributed by atoms with Crippen molar-refractivity contribution in [3.63, 3.8) is 0 Å². The minimum absolute atomic E-state index is 0.0807. The van der Waals surface area contributed by atoms with E-state index in [0.717, 1.165) is 34.8 Å². The molecule has 27 heavy (non-hydrogen) atoms. The topological polar surface area (TPSA) is 76.8 Å². The van der Waals surface area contributed by atoms with Gasteiger partial charge in [0.15, 0.2) is 0 Å². The van der Waals surface area contributed by atoms with Crippen molar-refractivity contribution in [2.75, 3.05) is 5.32 Å². The van der Waals surface area contributed by atoms with Crippen LogP contribution in [0.4, 0.5) is 10.5 Å². The summed E-state index contributed by atoms with van der Waals surface area (Å²) in [6, 6.07) is 11.5. The van der Waals surface area contributed by atoms with Crippen LogP contribution in [-0.4, -0.2) is 25.6 Å². The van der Waals surface area contributed by atoms with Crippen molar-refractivity contribution in [2.24, 2.45) is 7.05 Å². The van der Waals surface area contributed by atoms with Crippen LogP contribution in [0.25, 0.3) is 0 Å². The molecule has 7 heteroatoms. The zero-order valence-corrected chi connectivity index (χ0v) is 16.2. The number of benzene rings is 1. The molecule has 0 bridgehead atoms. The predicted octanol–water partition coefficient (Wildman–Crippen LogP) is 3.55. The molecule has 7 nitrogen and oxygen atoms in total. The summed E-state index contributed by atoms with van der Waals surface area (Å²) >= 11 is 0. The van der Waals surface area contributed by atoms with E-state index in [9.17, 15) is 4.79 Å². The Bertz CT molecular complexity index is 909. The fourth-order valence-electron chi connectivity index (χ4n) is 3.14. The van der Waals surface area contributed by atoms with E-state index in [0.29, 0.717) is 6.54 Å². The Balaban J connectivity index is 1.59. The van der Waals surface area contributed by atoms with Crippen molar-refractivity contribution in [2.45, 2.75) is 39.8 Å². The Morgan fingerprint density at radius 2 is 1.93 bits per heavy atom. The highest BCUT2D eigenvalue weighted by atomic mass is 16.2. The monoisotopic (exact) mass is 366 g/mol. The van der Waals surface area contributed by atoms with E-state index in [1.807, 2.05) is 62.8 Å². The molecule has 2 amide bonds. The number of anilines is 1. The highest BCUT2D eigenvalue weighted by Crippen LogP contribution is 2.16. The van der Waals surface area contributed by atoms with Crippen molar-refractivity contribution in [3.8, 4) is 0 Å². The summed E-state index contributed by atoms with van der Waals surface area (Å²) in [5.74, 6) is 0. The smallest absolute Gasteiger partial charge is 0.319 e. The summed E-state index contributed by atoms with van der Waals surface area (Å²) < 4.78 is 3.76. The Morgan fingerprint density at radius 1 is 1.19 bits per heavy atom. The summed E-state index contributed by atoms with van der Waals surface area (Å²) in [5, 5.41) is 14.5. The van der Waals surface area contributed by atoms with Crippen LogP contribution in [0.3, 0.4) is 0 Å². The highest BCUT2D eigenvalue weighted by Gasteiger charge is 2.15. The molecule has 2 heterocycles. The fraction of sp³-hybridized carbons (Fsp3) is 0.350. The van der Waals surface area contributed by atoms with E-state index in [1.54, 1.807) is 10.9 Å². The van der Waals surface area contributed by atoms with Crippen molar-refractivity contribution in [3.05, 3.63) is 65.2 Å². The van der Waals surface area contributed by atoms with Crippen LogP contribution >= 0.6 is 0 Å². The number of aromatic nitrogens is 4. The lowest BCUT2D eigenvalue weighted by Gasteiger charge is -2.18. The average molecular weight is 366 g/mol. The van der Waals surface area contributed by atoms with E-state index in [4.69, 9.17) is 0 Å². The third-order valence-corrected chi connectivity index (χ3v) is 4.58. The normalized spacial score (nSPS) is 12.0. The van der Waals surface area contributed by atoms with Crippen molar-refractivity contribution in [1.82, 2.24) is 24.9 Å². The molecule has 0 unspecified atom stereocenters. The lowest BCUT2D eigenvalue weighted by molar-refractivity contribution is 0.247. The Morgan fingerprint density at radius 3 is 2.48 bits per heavy atom. The molecule has 2 aromatic heterocycles. The minimum Gasteiger partial charge on any atom is -0.330 e. The van der Waals surface area contributed by atoms with Gasteiger partial charge in [0.25, 0.3) is 0 Å². The average Bonchev–Trinajstić information content (AvgIpc) is 3.19. The van der Waals surface area contributed by atoms with Gasteiger partial charge in [0.2, 0.25) is 0 Å². The zero-order valence-electron chi connectivity index (χ0n) is 16.2. The molecule has 0 fully saturated rings. The van der Waals surface area contributed by atoms with Crippen molar-refractivity contribution >= 4 is 11.7 Å². The van der Waals surface area contributed by atoms with E-state index in [2.05, 4.69) is 26.9 Å². The quantitative estimate of drug-likeness (QED) is 0.700. The largest absolute Gasteiger partial charge is 0.330 e. The lowest BCUT2D eigenvalue weighted by Crippen LogP contribution is -2.33. The van der Waals surface area contributed by atoms with Gasteiger partial charge < -0.3 is 10.6 Å². The molecule has 0 spiro atoms. The Labute approximate surface area is 159 Å². The van der Waals surface area contributed by atoms with Crippen LogP contribution in [0.1, 0.15) is 42.0 Å². The molecular weight excluding hydrogens is 340 g/mol. The summed E-state index contributed by atoms with van der Waals surface area (Å²) in [7, 11) is 1.87. The molecule has 142 valence electrons. The summed E-state index contributed by atoms with van der Waals surface area (Å²) in [4.78, 5) is 12.3.